The summed E-state index contributed by atoms with van der Waals surface area (Å²) in [4.78, 5) is 16.9. The fraction of sp³-hybridized carbons (Fsp3) is 0.533. The predicted molar refractivity (Wildman–Crippen MR) is 81.6 cm³/mol. The first kappa shape index (κ1) is 14.7. The number of benzene rings is 1. The number of halogens is 1. The molecule has 104 valence electrons. The van der Waals surface area contributed by atoms with Crippen LogP contribution in [0.5, 0.6) is 0 Å². The van der Waals surface area contributed by atoms with Gasteiger partial charge in [-0.25, -0.2) is 0 Å². The summed E-state index contributed by atoms with van der Waals surface area (Å²) in [6.07, 6.45) is 0. The van der Waals surface area contributed by atoms with Crippen molar-refractivity contribution in [1.29, 1.82) is 0 Å². The molecule has 0 radical (unpaired) electrons. The van der Waals surface area contributed by atoms with E-state index in [0.29, 0.717) is 18.6 Å². The number of hydrogen-bond donors (Lipinski definition) is 0. The molecule has 1 fully saturated rings. The molecule has 0 aliphatic carbocycles. The average molecular weight is 325 g/mol. The molecule has 0 saturated carbocycles. The van der Waals surface area contributed by atoms with Crippen molar-refractivity contribution in [3.8, 4) is 0 Å². The van der Waals surface area contributed by atoms with Gasteiger partial charge in [0.15, 0.2) is 5.78 Å². The van der Waals surface area contributed by atoms with E-state index in [4.69, 9.17) is 0 Å². The lowest BCUT2D eigenvalue weighted by Crippen LogP contribution is -2.55. The molecule has 2 rings (SSSR count). The van der Waals surface area contributed by atoms with Crippen LogP contribution in [0.15, 0.2) is 28.7 Å². The number of nitrogens with zero attached hydrogens (tertiary/aromatic N) is 2. The molecule has 1 aliphatic heterocycles. The van der Waals surface area contributed by atoms with Gasteiger partial charge in [0, 0.05) is 35.2 Å². The van der Waals surface area contributed by atoms with Crippen LogP contribution < -0.4 is 0 Å². The fourth-order valence-corrected chi connectivity index (χ4v) is 2.84. The van der Waals surface area contributed by atoms with Gasteiger partial charge in [0.1, 0.15) is 0 Å². The Hall–Kier alpha value is -0.710. The molecule has 19 heavy (non-hydrogen) atoms. The van der Waals surface area contributed by atoms with Gasteiger partial charge in [0.2, 0.25) is 0 Å². The number of Topliss-reactive ketones (excluding diaryl/α,β-unsaturated/α-hetero) is 1. The van der Waals surface area contributed by atoms with Crippen LogP contribution in [0.4, 0.5) is 0 Å². The van der Waals surface area contributed by atoms with Crippen molar-refractivity contribution in [3.05, 3.63) is 34.3 Å². The van der Waals surface area contributed by atoms with E-state index in [2.05, 4.69) is 46.6 Å². The van der Waals surface area contributed by atoms with Crippen molar-refractivity contribution in [3.63, 3.8) is 0 Å². The lowest BCUT2D eigenvalue weighted by Gasteiger charge is -2.42. The molecule has 0 bridgehead atoms. The van der Waals surface area contributed by atoms with Crippen LogP contribution in [0.3, 0.4) is 0 Å². The molecule has 0 aromatic heterocycles. The Morgan fingerprint density at radius 3 is 2.26 bits per heavy atom. The van der Waals surface area contributed by atoms with Crippen LogP contribution >= 0.6 is 15.9 Å². The number of likely N-dealkylation sites (N-methyl/N-ethyl adjacent to an activating group) is 1. The minimum atomic E-state index is 0.205. The Balaban J connectivity index is 1.97. The Bertz CT molecular complexity index is 434. The van der Waals surface area contributed by atoms with Gasteiger partial charge in [-0.15, -0.1) is 0 Å². The zero-order valence-corrected chi connectivity index (χ0v) is 13.4. The zero-order chi connectivity index (χ0) is 14.0. The Labute approximate surface area is 123 Å². The zero-order valence-electron chi connectivity index (χ0n) is 11.8. The Kier molecular flexibility index (Phi) is 4.76. The fourth-order valence-electron chi connectivity index (χ4n) is 2.57. The molecule has 1 heterocycles. The molecule has 1 aromatic carbocycles. The highest BCUT2D eigenvalue weighted by Crippen LogP contribution is 2.15. The van der Waals surface area contributed by atoms with Crippen LogP contribution in [0.2, 0.25) is 0 Å². The van der Waals surface area contributed by atoms with E-state index in [0.717, 1.165) is 23.1 Å². The minimum absolute atomic E-state index is 0.205. The SMILES string of the molecule is CC1CN(CC(=O)c2ccc(Br)cc2)CC(C)N1C. The van der Waals surface area contributed by atoms with Crippen molar-refractivity contribution < 1.29 is 4.79 Å². The van der Waals surface area contributed by atoms with Crippen molar-refractivity contribution in [1.82, 2.24) is 9.80 Å². The normalized spacial score (nSPS) is 25.5. The van der Waals surface area contributed by atoms with E-state index in [-0.39, 0.29) is 5.78 Å². The molecule has 0 amide bonds. The van der Waals surface area contributed by atoms with E-state index in [1.165, 1.54) is 0 Å². The number of rotatable bonds is 3. The maximum Gasteiger partial charge on any atom is 0.176 e. The summed E-state index contributed by atoms with van der Waals surface area (Å²) in [5, 5.41) is 0. The Morgan fingerprint density at radius 2 is 1.74 bits per heavy atom. The average Bonchev–Trinajstić information content (AvgIpc) is 2.36. The van der Waals surface area contributed by atoms with Gasteiger partial charge < -0.3 is 0 Å². The monoisotopic (exact) mass is 324 g/mol. The van der Waals surface area contributed by atoms with Crippen LogP contribution in [-0.2, 0) is 0 Å². The number of carbonyl (C=O) groups is 1. The van der Waals surface area contributed by atoms with E-state index in [9.17, 15) is 4.79 Å². The van der Waals surface area contributed by atoms with Gasteiger partial charge in [-0.05, 0) is 33.0 Å². The summed E-state index contributed by atoms with van der Waals surface area (Å²) in [6.45, 7) is 6.87. The second-order valence-corrected chi connectivity index (χ2v) is 6.40. The second-order valence-electron chi connectivity index (χ2n) is 5.49. The number of piperazine rings is 1. The van der Waals surface area contributed by atoms with Crippen molar-refractivity contribution >= 4 is 21.7 Å². The van der Waals surface area contributed by atoms with Crippen molar-refractivity contribution in [2.45, 2.75) is 25.9 Å². The third-order valence-electron chi connectivity index (χ3n) is 3.97. The molecule has 0 spiro atoms. The number of carbonyl (C=O) groups excluding carboxylic acids is 1. The number of hydrogen-bond acceptors (Lipinski definition) is 3. The van der Waals surface area contributed by atoms with E-state index < -0.39 is 0 Å². The first-order valence-corrected chi connectivity index (χ1v) is 7.49. The minimum Gasteiger partial charge on any atom is -0.298 e. The molecular weight excluding hydrogens is 304 g/mol. The molecule has 4 heteroatoms. The molecule has 0 N–H and O–H groups in total. The van der Waals surface area contributed by atoms with Gasteiger partial charge in [-0.1, -0.05) is 28.1 Å². The summed E-state index contributed by atoms with van der Waals surface area (Å²) in [5.74, 6) is 0.205. The van der Waals surface area contributed by atoms with E-state index in [1.54, 1.807) is 0 Å². The topological polar surface area (TPSA) is 23.6 Å². The molecular formula is C15H21BrN2O. The Morgan fingerprint density at radius 1 is 1.21 bits per heavy atom. The van der Waals surface area contributed by atoms with E-state index >= 15 is 0 Å². The molecule has 1 aliphatic rings. The molecule has 3 nitrogen and oxygen atoms in total. The third-order valence-corrected chi connectivity index (χ3v) is 4.50. The van der Waals surface area contributed by atoms with Crippen LogP contribution in [0.25, 0.3) is 0 Å². The summed E-state index contributed by atoms with van der Waals surface area (Å²) < 4.78 is 1.01. The highest BCUT2D eigenvalue weighted by Gasteiger charge is 2.27. The second kappa shape index (κ2) is 6.16. The van der Waals surface area contributed by atoms with Gasteiger partial charge in [0.05, 0.1) is 6.54 Å². The van der Waals surface area contributed by atoms with Crippen LogP contribution in [0.1, 0.15) is 24.2 Å². The largest absolute Gasteiger partial charge is 0.298 e. The summed E-state index contributed by atoms with van der Waals surface area (Å²) >= 11 is 3.39. The summed E-state index contributed by atoms with van der Waals surface area (Å²) in [7, 11) is 2.16. The van der Waals surface area contributed by atoms with Gasteiger partial charge in [-0.2, -0.15) is 0 Å². The van der Waals surface area contributed by atoms with Crippen LogP contribution in [0, 0.1) is 0 Å². The van der Waals surface area contributed by atoms with Crippen LogP contribution in [-0.4, -0.2) is 54.3 Å². The maximum atomic E-state index is 12.2. The smallest absolute Gasteiger partial charge is 0.176 e. The first-order chi connectivity index (χ1) is 8.97. The van der Waals surface area contributed by atoms with Gasteiger partial charge in [0.25, 0.3) is 0 Å². The molecule has 1 saturated heterocycles. The summed E-state index contributed by atoms with van der Waals surface area (Å²) in [6, 6.07) is 8.61. The lowest BCUT2D eigenvalue weighted by atomic mass is 10.1. The third kappa shape index (κ3) is 3.65. The molecule has 2 unspecified atom stereocenters. The number of ketones is 1. The quantitative estimate of drug-likeness (QED) is 0.799. The van der Waals surface area contributed by atoms with E-state index in [1.807, 2.05) is 24.3 Å². The maximum absolute atomic E-state index is 12.2. The predicted octanol–water partition coefficient (Wildman–Crippen LogP) is 2.66. The summed E-state index contributed by atoms with van der Waals surface area (Å²) in [5.41, 5.74) is 0.794. The molecule has 2 atom stereocenters. The highest BCUT2D eigenvalue weighted by molar-refractivity contribution is 9.10. The van der Waals surface area contributed by atoms with Crippen molar-refractivity contribution in [2.75, 3.05) is 26.7 Å². The van der Waals surface area contributed by atoms with Gasteiger partial charge in [-0.3, -0.25) is 14.6 Å². The van der Waals surface area contributed by atoms with Gasteiger partial charge >= 0.3 is 0 Å². The lowest BCUT2D eigenvalue weighted by molar-refractivity contribution is 0.0549. The standard InChI is InChI=1S/C15H21BrN2O/c1-11-8-18(9-12(2)17(11)3)10-15(19)13-4-6-14(16)7-5-13/h4-7,11-12H,8-10H2,1-3H3. The molecule has 1 aromatic rings. The first-order valence-electron chi connectivity index (χ1n) is 6.70. The highest BCUT2D eigenvalue weighted by atomic mass is 79.9. The van der Waals surface area contributed by atoms with Crippen molar-refractivity contribution in [2.24, 2.45) is 0 Å².